The second kappa shape index (κ2) is 6.74. The number of rotatable bonds is 4. The second-order valence-electron chi connectivity index (χ2n) is 5.13. The Balaban J connectivity index is 1.99. The van der Waals surface area contributed by atoms with Gasteiger partial charge in [-0.25, -0.2) is 0 Å². The van der Waals surface area contributed by atoms with Crippen molar-refractivity contribution in [2.75, 3.05) is 20.1 Å². The molecule has 1 saturated carbocycles. The molecule has 0 bridgehead atoms. The van der Waals surface area contributed by atoms with E-state index >= 15 is 0 Å². The SMILES string of the molecule is Cc1cc(C(=O)N(C)CC(=O)NC2CC2)sc1C#CCN. The first-order chi connectivity index (χ1) is 10.0. The van der Waals surface area contributed by atoms with Crippen molar-refractivity contribution in [3.8, 4) is 11.8 Å². The minimum Gasteiger partial charge on any atom is -0.352 e. The Bertz CT molecular complexity index is 608. The van der Waals surface area contributed by atoms with Gasteiger partial charge < -0.3 is 16.0 Å². The maximum absolute atomic E-state index is 12.3. The lowest BCUT2D eigenvalue weighted by atomic mass is 10.2. The molecule has 0 atom stereocenters. The van der Waals surface area contributed by atoms with E-state index in [4.69, 9.17) is 5.73 Å². The Morgan fingerprint density at radius 2 is 2.24 bits per heavy atom. The highest BCUT2D eigenvalue weighted by molar-refractivity contribution is 7.14. The van der Waals surface area contributed by atoms with Crippen molar-refractivity contribution in [1.82, 2.24) is 10.2 Å². The highest BCUT2D eigenvalue weighted by Gasteiger charge is 2.25. The number of likely N-dealkylation sites (N-methyl/N-ethyl adjacent to an activating group) is 1. The van der Waals surface area contributed by atoms with E-state index in [1.54, 1.807) is 7.05 Å². The Kier molecular flexibility index (Phi) is 4.99. The van der Waals surface area contributed by atoms with Crippen molar-refractivity contribution in [1.29, 1.82) is 0 Å². The van der Waals surface area contributed by atoms with Gasteiger partial charge in [-0.15, -0.1) is 11.3 Å². The lowest BCUT2D eigenvalue weighted by molar-refractivity contribution is -0.121. The molecule has 0 aliphatic heterocycles. The highest BCUT2D eigenvalue weighted by Crippen LogP contribution is 2.22. The topological polar surface area (TPSA) is 75.4 Å². The van der Waals surface area contributed by atoms with E-state index in [0.717, 1.165) is 23.3 Å². The van der Waals surface area contributed by atoms with E-state index in [9.17, 15) is 9.59 Å². The van der Waals surface area contributed by atoms with Crippen molar-refractivity contribution in [3.63, 3.8) is 0 Å². The minimum atomic E-state index is -0.158. The number of thiophene rings is 1. The van der Waals surface area contributed by atoms with Gasteiger partial charge in [-0.1, -0.05) is 11.8 Å². The van der Waals surface area contributed by atoms with Crippen LogP contribution >= 0.6 is 11.3 Å². The molecule has 1 aromatic heterocycles. The molecule has 5 nitrogen and oxygen atoms in total. The van der Waals surface area contributed by atoms with E-state index in [-0.39, 0.29) is 18.4 Å². The monoisotopic (exact) mass is 305 g/mol. The normalized spacial score (nSPS) is 13.3. The van der Waals surface area contributed by atoms with Crippen molar-refractivity contribution >= 4 is 23.2 Å². The number of hydrogen-bond acceptors (Lipinski definition) is 4. The molecule has 2 amide bonds. The molecule has 1 fully saturated rings. The average Bonchev–Trinajstić information content (AvgIpc) is 3.17. The quantitative estimate of drug-likeness (QED) is 0.805. The number of hydrogen-bond donors (Lipinski definition) is 2. The summed E-state index contributed by atoms with van der Waals surface area (Å²) in [5.74, 6) is 5.48. The lowest BCUT2D eigenvalue weighted by Crippen LogP contribution is -2.38. The fourth-order valence-electron chi connectivity index (χ4n) is 1.82. The zero-order chi connectivity index (χ0) is 15.4. The van der Waals surface area contributed by atoms with Crippen LogP contribution in [0.4, 0.5) is 0 Å². The van der Waals surface area contributed by atoms with Crippen LogP contribution in [0.5, 0.6) is 0 Å². The first-order valence-electron chi connectivity index (χ1n) is 6.85. The van der Waals surface area contributed by atoms with Crippen LogP contribution in [0.3, 0.4) is 0 Å². The maximum atomic E-state index is 12.3. The second-order valence-corrected chi connectivity index (χ2v) is 6.18. The van der Waals surface area contributed by atoms with Crippen LogP contribution in [-0.4, -0.2) is 42.9 Å². The van der Waals surface area contributed by atoms with Gasteiger partial charge in [0, 0.05) is 13.1 Å². The molecular formula is C15H19N3O2S. The summed E-state index contributed by atoms with van der Waals surface area (Å²) in [5.41, 5.74) is 6.31. The predicted octanol–water partition coefficient (Wildman–Crippen LogP) is 0.717. The number of nitrogens with one attached hydrogen (secondary N) is 1. The molecule has 0 spiro atoms. The smallest absolute Gasteiger partial charge is 0.264 e. The Hall–Kier alpha value is -1.84. The van der Waals surface area contributed by atoms with E-state index in [1.807, 2.05) is 13.0 Å². The lowest BCUT2D eigenvalue weighted by Gasteiger charge is -2.15. The molecule has 3 N–H and O–H groups in total. The molecule has 21 heavy (non-hydrogen) atoms. The highest BCUT2D eigenvalue weighted by atomic mass is 32.1. The minimum absolute atomic E-state index is 0.0795. The van der Waals surface area contributed by atoms with Crippen LogP contribution in [0.15, 0.2) is 6.07 Å². The Morgan fingerprint density at radius 3 is 2.86 bits per heavy atom. The molecule has 0 aromatic carbocycles. The molecule has 0 unspecified atom stereocenters. The van der Waals surface area contributed by atoms with Crippen LogP contribution in [0, 0.1) is 18.8 Å². The molecular weight excluding hydrogens is 286 g/mol. The van der Waals surface area contributed by atoms with Crippen LogP contribution in [0.1, 0.15) is 33.0 Å². The first kappa shape index (κ1) is 15.5. The van der Waals surface area contributed by atoms with Crippen LogP contribution in [0.25, 0.3) is 0 Å². The zero-order valence-electron chi connectivity index (χ0n) is 12.2. The van der Waals surface area contributed by atoms with E-state index in [1.165, 1.54) is 16.2 Å². The van der Waals surface area contributed by atoms with Gasteiger partial charge >= 0.3 is 0 Å². The number of amides is 2. The van der Waals surface area contributed by atoms with Gasteiger partial charge in [0.05, 0.1) is 22.8 Å². The summed E-state index contributed by atoms with van der Waals surface area (Å²) in [7, 11) is 1.63. The van der Waals surface area contributed by atoms with E-state index < -0.39 is 0 Å². The number of aryl methyl sites for hydroxylation is 1. The Labute approximate surface area is 128 Å². The van der Waals surface area contributed by atoms with Crippen molar-refractivity contribution in [2.24, 2.45) is 5.73 Å². The summed E-state index contributed by atoms with van der Waals surface area (Å²) in [6, 6.07) is 2.12. The largest absolute Gasteiger partial charge is 0.352 e. The first-order valence-corrected chi connectivity index (χ1v) is 7.67. The summed E-state index contributed by atoms with van der Waals surface area (Å²) in [6.07, 6.45) is 2.08. The van der Waals surface area contributed by atoms with Crippen LogP contribution < -0.4 is 11.1 Å². The summed E-state index contributed by atoms with van der Waals surface area (Å²) >= 11 is 1.34. The third-order valence-electron chi connectivity index (χ3n) is 3.10. The predicted molar refractivity (Wildman–Crippen MR) is 83.1 cm³/mol. The number of carbonyl (C=O) groups excluding carboxylic acids is 2. The molecule has 1 aromatic rings. The Morgan fingerprint density at radius 1 is 1.52 bits per heavy atom. The zero-order valence-corrected chi connectivity index (χ0v) is 13.0. The third kappa shape index (κ3) is 4.31. The molecule has 2 rings (SSSR count). The maximum Gasteiger partial charge on any atom is 0.264 e. The van der Waals surface area contributed by atoms with Gasteiger partial charge in [-0.05, 0) is 31.4 Å². The number of carbonyl (C=O) groups is 2. The molecule has 6 heteroatoms. The fraction of sp³-hybridized carbons (Fsp3) is 0.467. The van der Waals surface area contributed by atoms with Gasteiger partial charge in [-0.2, -0.15) is 0 Å². The molecule has 1 aliphatic rings. The summed E-state index contributed by atoms with van der Waals surface area (Å²) < 4.78 is 0. The molecule has 1 aliphatic carbocycles. The number of nitrogens with two attached hydrogens (primary N) is 1. The van der Waals surface area contributed by atoms with Crippen molar-refractivity contribution in [2.45, 2.75) is 25.8 Å². The van der Waals surface area contributed by atoms with Crippen molar-refractivity contribution in [3.05, 3.63) is 21.4 Å². The number of nitrogens with zero attached hydrogens (tertiary/aromatic N) is 1. The van der Waals surface area contributed by atoms with Crippen LogP contribution in [0.2, 0.25) is 0 Å². The molecule has 112 valence electrons. The standard InChI is InChI=1S/C15H19N3O2S/c1-10-8-13(21-12(10)4-3-7-16)15(20)18(2)9-14(19)17-11-5-6-11/h8,11H,5-7,9,16H2,1-2H3,(H,17,19). The van der Waals surface area contributed by atoms with E-state index in [2.05, 4.69) is 17.2 Å². The van der Waals surface area contributed by atoms with Gasteiger partial charge in [0.25, 0.3) is 5.91 Å². The van der Waals surface area contributed by atoms with Gasteiger partial charge in [-0.3, -0.25) is 9.59 Å². The molecule has 0 radical (unpaired) electrons. The van der Waals surface area contributed by atoms with E-state index in [0.29, 0.717) is 17.5 Å². The molecule has 0 saturated heterocycles. The summed E-state index contributed by atoms with van der Waals surface area (Å²) in [6.45, 7) is 2.28. The van der Waals surface area contributed by atoms with Crippen LogP contribution in [-0.2, 0) is 4.79 Å². The average molecular weight is 305 g/mol. The van der Waals surface area contributed by atoms with Gasteiger partial charge in [0.15, 0.2) is 0 Å². The molecule has 1 heterocycles. The summed E-state index contributed by atoms with van der Waals surface area (Å²) in [5, 5.41) is 2.87. The van der Waals surface area contributed by atoms with Crippen molar-refractivity contribution < 1.29 is 9.59 Å². The van der Waals surface area contributed by atoms with Gasteiger partial charge in [0.2, 0.25) is 5.91 Å². The third-order valence-corrected chi connectivity index (χ3v) is 4.24. The fourth-order valence-corrected chi connectivity index (χ4v) is 2.86. The van der Waals surface area contributed by atoms with Gasteiger partial charge in [0.1, 0.15) is 0 Å². The summed E-state index contributed by atoms with van der Waals surface area (Å²) in [4.78, 5) is 26.9.